The molecule has 0 fully saturated rings. The number of benzene rings is 2. The van der Waals surface area contributed by atoms with Crippen LogP contribution in [0.4, 0.5) is 0 Å². The predicted octanol–water partition coefficient (Wildman–Crippen LogP) is 5.59. The summed E-state index contributed by atoms with van der Waals surface area (Å²) in [6.45, 7) is 11.1. The molecular formula is C19H29N. The molecule has 0 aliphatic carbocycles. The Morgan fingerprint density at radius 2 is 1.20 bits per heavy atom. The van der Waals surface area contributed by atoms with Gasteiger partial charge in [0.05, 0.1) is 0 Å². The summed E-state index contributed by atoms with van der Waals surface area (Å²) >= 11 is 0. The highest BCUT2D eigenvalue weighted by molar-refractivity contribution is 5.19. The smallest absolute Gasteiger partial charge is 0.0294 e. The quantitative estimate of drug-likeness (QED) is 0.764. The monoisotopic (exact) mass is 271 g/mol. The van der Waals surface area contributed by atoms with Crippen LogP contribution < -0.4 is 5.32 Å². The van der Waals surface area contributed by atoms with Gasteiger partial charge >= 0.3 is 0 Å². The van der Waals surface area contributed by atoms with E-state index < -0.39 is 0 Å². The minimum absolute atomic E-state index is 0.390. The second-order valence-electron chi connectivity index (χ2n) is 4.00. The van der Waals surface area contributed by atoms with Crippen LogP contribution in [-0.2, 0) is 6.54 Å². The van der Waals surface area contributed by atoms with E-state index in [4.69, 9.17) is 0 Å². The van der Waals surface area contributed by atoms with Gasteiger partial charge < -0.3 is 5.32 Å². The van der Waals surface area contributed by atoms with E-state index in [-0.39, 0.29) is 0 Å². The molecule has 1 nitrogen and oxygen atoms in total. The molecule has 0 saturated heterocycles. The second kappa shape index (κ2) is 12.4. The number of hydrogen-bond acceptors (Lipinski definition) is 1. The Balaban J connectivity index is 0.000000829. The molecule has 2 aromatic rings. The zero-order valence-corrected chi connectivity index (χ0v) is 13.6. The molecule has 0 radical (unpaired) electrons. The fourth-order valence-electron chi connectivity index (χ4n) is 1.73. The first kappa shape index (κ1) is 18.4. The molecule has 0 spiro atoms. The van der Waals surface area contributed by atoms with E-state index in [1.54, 1.807) is 0 Å². The van der Waals surface area contributed by atoms with Gasteiger partial charge in [0.1, 0.15) is 0 Å². The molecule has 1 N–H and O–H groups in total. The average Bonchev–Trinajstić information content (AvgIpc) is 2.58. The lowest BCUT2D eigenvalue weighted by Gasteiger charge is -2.14. The molecule has 0 unspecified atom stereocenters. The van der Waals surface area contributed by atoms with Gasteiger partial charge in [0.15, 0.2) is 0 Å². The number of rotatable bonds is 4. The molecule has 2 aromatic carbocycles. The van der Waals surface area contributed by atoms with Crippen molar-refractivity contribution >= 4 is 0 Å². The van der Waals surface area contributed by atoms with E-state index in [1.165, 1.54) is 11.1 Å². The van der Waals surface area contributed by atoms with Gasteiger partial charge in [-0.05, 0) is 18.1 Å². The van der Waals surface area contributed by atoms with E-state index in [1.807, 2.05) is 39.8 Å². The van der Waals surface area contributed by atoms with Crippen LogP contribution in [0.15, 0.2) is 60.7 Å². The zero-order chi connectivity index (χ0) is 15.2. The summed E-state index contributed by atoms with van der Waals surface area (Å²) in [5.74, 6) is 0. The van der Waals surface area contributed by atoms with Crippen molar-refractivity contribution in [1.82, 2.24) is 5.32 Å². The maximum atomic E-state index is 3.52. The third-order valence-electron chi connectivity index (χ3n) is 2.75. The van der Waals surface area contributed by atoms with Crippen molar-refractivity contribution in [1.29, 1.82) is 0 Å². The minimum atomic E-state index is 0.390. The van der Waals surface area contributed by atoms with Crippen LogP contribution in [0.1, 0.15) is 51.8 Å². The third-order valence-corrected chi connectivity index (χ3v) is 2.75. The van der Waals surface area contributed by atoms with E-state index >= 15 is 0 Å². The van der Waals surface area contributed by atoms with Crippen LogP contribution in [0.5, 0.6) is 0 Å². The van der Waals surface area contributed by atoms with Gasteiger partial charge in [-0.15, -0.1) is 0 Å². The Kier molecular flexibility index (Phi) is 11.4. The van der Waals surface area contributed by atoms with Gasteiger partial charge in [0, 0.05) is 12.6 Å². The summed E-state index contributed by atoms with van der Waals surface area (Å²) in [5.41, 5.74) is 2.66. The fraction of sp³-hybridized carbons (Fsp3) is 0.368. The Morgan fingerprint density at radius 3 is 1.70 bits per heavy atom. The van der Waals surface area contributed by atoms with Crippen LogP contribution in [0.2, 0.25) is 0 Å². The van der Waals surface area contributed by atoms with Crippen molar-refractivity contribution in [2.75, 3.05) is 0 Å². The molecule has 0 bridgehead atoms. The van der Waals surface area contributed by atoms with E-state index in [0.29, 0.717) is 6.04 Å². The van der Waals surface area contributed by atoms with E-state index in [0.717, 1.165) is 6.54 Å². The van der Waals surface area contributed by atoms with Crippen molar-refractivity contribution in [3.05, 3.63) is 71.8 Å². The Bertz CT molecular complexity index is 408. The maximum Gasteiger partial charge on any atom is 0.0294 e. The van der Waals surface area contributed by atoms with Gasteiger partial charge in [-0.1, -0.05) is 88.4 Å². The molecule has 1 atom stereocenters. The van der Waals surface area contributed by atoms with Crippen molar-refractivity contribution in [3.63, 3.8) is 0 Å². The van der Waals surface area contributed by atoms with Gasteiger partial charge in [-0.2, -0.15) is 0 Å². The van der Waals surface area contributed by atoms with Gasteiger partial charge in [0.25, 0.3) is 0 Å². The Labute approximate surface area is 125 Å². The topological polar surface area (TPSA) is 12.0 Å². The third kappa shape index (κ3) is 7.10. The highest BCUT2D eigenvalue weighted by Gasteiger charge is 2.02. The molecule has 20 heavy (non-hydrogen) atoms. The SMILES string of the molecule is CC.CC.C[C@H](NCc1ccccc1)c1ccccc1. The molecule has 0 amide bonds. The zero-order valence-electron chi connectivity index (χ0n) is 13.6. The van der Waals surface area contributed by atoms with Gasteiger partial charge in [-0.3, -0.25) is 0 Å². The molecule has 0 aliphatic heterocycles. The molecule has 0 aromatic heterocycles. The fourth-order valence-corrected chi connectivity index (χ4v) is 1.73. The van der Waals surface area contributed by atoms with E-state index in [9.17, 15) is 0 Å². The van der Waals surface area contributed by atoms with Crippen molar-refractivity contribution in [2.24, 2.45) is 0 Å². The first-order valence-corrected chi connectivity index (χ1v) is 7.68. The van der Waals surface area contributed by atoms with Crippen LogP contribution in [0, 0.1) is 0 Å². The summed E-state index contributed by atoms with van der Waals surface area (Å²) in [5, 5.41) is 3.52. The highest BCUT2D eigenvalue weighted by atomic mass is 14.9. The van der Waals surface area contributed by atoms with Crippen LogP contribution in [0.3, 0.4) is 0 Å². The Hall–Kier alpha value is -1.60. The minimum Gasteiger partial charge on any atom is -0.306 e. The van der Waals surface area contributed by atoms with Crippen molar-refractivity contribution in [2.45, 2.75) is 47.2 Å². The first-order valence-electron chi connectivity index (χ1n) is 7.68. The largest absolute Gasteiger partial charge is 0.306 e. The summed E-state index contributed by atoms with van der Waals surface area (Å²) < 4.78 is 0. The highest BCUT2D eigenvalue weighted by Crippen LogP contribution is 2.11. The molecule has 2 rings (SSSR count). The molecule has 0 heterocycles. The Morgan fingerprint density at radius 1 is 0.750 bits per heavy atom. The lowest BCUT2D eigenvalue weighted by atomic mass is 10.1. The van der Waals surface area contributed by atoms with Crippen molar-refractivity contribution in [3.8, 4) is 0 Å². The summed E-state index contributed by atoms with van der Waals surface area (Å²) in [6, 6.07) is 21.4. The second-order valence-corrected chi connectivity index (χ2v) is 4.00. The lowest BCUT2D eigenvalue weighted by molar-refractivity contribution is 0.575. The summed E-state index contributed by atoms with van der Waals surface area (Å²) in [7, 11) is 0. The van der Waals surface area contributed by atoms with Crippen molar-refractivity contribution < 1.29 is 0 Å². The number of nitrogens with one attached hydrogen (secondary N) is 1. The molecule has 110 valence electrons. The van der Waals surface area contributed by atoms with E-state index in [2.05, 4.69) is 60.8 Å². The average molecular weight is 271 g/mol. The van der Waals surface area contributed by atoms with Gasteiger partial charge in [-0.25, -0.2) is 0 Å². The normalized spacial score (nSPS) is 10.4. The molecule has 1 heteroatoms. The number of hydrogen-bond donors (Lipinski definition) is 1. The lowest BCUT2D eigenvalue weighted by Crippen LogP contribution is -2.17. The van der Waals surface area contributed by atoms with Crippen LogP contribution in [-0.4, -0.2) is 0 Å². The van der Waals surface area contributed by atoms with Crippen LogP contribution in [0.25, 0.3) is 0 Å². The standard InChI is InChI=1S/C15H17N.2C2H6/c1-13(15-10-6-3-7-11-15)16-12-14-8-4-2-5-9-14;2*1-2/h2-11,13,16H,12H2,1H3;2*1-2H3/t13-;;/m0../s1. The first-order chi connectivity index (χ1) is 9.86. The molecule has 0 saturated carbocycles. The molecule has 0 aliphatic rings. The molecular weight excluding hydrogens is 242 g/mol. The predicted molar refractivity (Wildman–Crippen MR) is 90.8 cm³/mol. The summed E-state index contributed by atoms with van der Waals surface area (Å²) in [6.07, 6.45) is 0. The summed E-state index contributed by atoms with van der Waals surface area (Å²) in [4.78, 5) is 0. The van der Waals surface area contributed by atoms with Gasteiger partial charge in [0.2, 0.25) is 0 Å². The maximum absolute atomic E-state index is 3.52. The van der Waals surface area contributed by atoms with Crippen LogP contribution >= 0.6 is 0 Å².